The molecular weight excluding hydrogens is 370 g/mol. The van der Waals surface area contributed by atoms with Gasteiger partial charge < -0.3 is 19.9 Å². The van der Waals surface area contributed by atoms with Crippen LogP contribution in [0.25, 0.3) is 0 Å². The van der Waals surface area contributed by atoms with Crippen LogP contribution in [0.15, 0.2) is 42.7 Å². The van der Waals surface area contributed by atoms with E-state index in [4.69, 9.17) is 4.74 Å². The van der Waals surface area contributed by atoms with Crippen molar-refractivity contribution in [2.75, 3.05) is 37.7 Å². The van der Waals surface area contributed by atoms with Crippen LogP contribution in [-0.4, -0.2) is 59.5 Å². The van der Waals surface area contributed by atoms with Gasteiger partial charge in [-0.05, 0) is 23.8 Å². The molecule has 2 aliphatic heterocycles. The lowest BCUT2D eigenvalue weighted by molar-refractivity contribution is -0.129. The molecule has 0 unspecified atom stereocenters. The molecule has 0 bridgehead atoms. The lowest BCUT2D eigenvalue weighted by Gasteiger charge is -2.27. The van der Waals surface area contributed by atoms with Gasteiger partial charge in [0.05, 0.1) is 31.4 Å². The van der Waals surface area contributed by atoms with E-state index in [9.17, 15) is 9.59 Å². The number of anilines is 1. The molecule has 152 valence electrons. The minimum absolute atomic E-state index is 0.00710. The van der Waals surface area contributed by atoms with Gasteiger partial charge in [-0.2, -0.15) is 0 Å². The largest absolute Gasteiger partial charge is 0.378 e. The summed E-state index contributed by atoms with van der Waals surface area (Å²) in [7, 11) is 0. The quantitative estimate of drug-likeness (QED) is 0.785. The van der Waals surface area contributed by atoms with Crippen LogP contribution in [0.5, 0.6) is 0 Å². The normalized spacial score (nSPS) is 19.4. The zero-order chi connectivity index (χ0) is 20.1. The second-order valence-corrected chi connectivity index (χ2v) is 7.34. The average Bonchev–Trinajstić information content (AvgIpc) is 3.14. The molecule has 4 heterocycles. The van der Waals surface area contributed by atoms with Crippen LogP contribution in [0.1, 0.15) is 17.7 Å². The molecule has 8 nitrogen and oxygen atoms in total. The molecule has 2 fully saturated rings. The smallest absolute Gasteiger partial charge is 0.225 e. The third-order valence-corrected chi connectivity index (χ3v) is 5.28. The molecule has 0 aromatic carbocycles. The fourth-order valence-electron chi connectivity index (χ4n) is 3.62. The van der Waals surface area contributed by atoms with Crippen LogP contribution in [0.3, 0.4) is 0 Å². The van der Waals surface area contributed by atoms with Crippen LogP contribution >= 0.6 is 0 Å². The molecule has 0 spiro atoms. The molecule has 1 atom stereocenters. The number of hydrogen-bond acceptors (Lipinski definition) is 6. The Bertz CT molecular complexity index is 837. The van der Waals surface area contributed by atoms with Crippen LogP contribution in [0, 0.1) is 5.92 Å². The molecule has 8 heteroatoms. The maximum Gasteiger partial charge on any atom is 0.225 e. The first-order valence-corrected chi connectivity index (χ1v) is 9.92. The highest BCUT2D eigenvalue weighted by Gasteiger charge is 2.34. The zero-order valence-corrected chi connectivity index (χ0v) is 16.3. The molecule has 1 N–H and O–H groups in total. The molecule has 0 saturated carbocycles. The van der Waals surface area contributed by atoms with E-state index < -0.39 is 0 Å². The summed E-state index contributed by atoms with van der Waals surface area (Å²) in [6.07, 6.45) is 3.74. The number of ether oxygens (including phenoxy) is 1. The molecule has 4 rings (SSSR count). The molecule has 2 aliphatic rings. The molecule has 2 aromatic heterocycles. The predicted molar refractivity (Wildman–Crippen MR) is 107 cm³/mol. The third-order valence-electron chi connectivity index (χ3n) is 5.28. The molecular formula is C21H25N5O3. The number of likely N-dealkylation sites (tertiary alicyclic amines) is 1. The van der Waals surface area contributed by atoms with Crippen molar-refractivity contribution >= 4 is 17.6 Å². The molecule has 0 aliphatic carbocycles. The van der Waals surface area contributed by atoms with Gasteiger partial charge in [0.1, 0.15) is 5.82 Å². The Labute approximate surface area is 169 Å². The lowest BCUT2D eigenvalue weighted by atomic mass is 10.1. The fraction of sp³-hybridized carbons (Fsp3) is 0.429. The number of nitrogens with zero attached hydrogens (tertiary/aromatic N) is 4. The highest BCUT2D eigenvalue weighted by Crippen LogP contribution is 2.20. The summed E-state index contributed by atoms with van der Waals surface area (Å²) in [5.41, 5.74) is 1.76. The number of morpholine rings is 1. The van der Waals surface area contributed by atoms with Gasteiger partial charge in [-0.1, -0.05) is 12.1 Å². The highest BCUT2D eigenvalue weighted by atomic mass is 16.5. The van der Waals surface area contributed by atoms with Gasteiger partial charge in [0.15, 0.2) is 0 Å². The number of aromatic nitrogens is 2. The van der Waals surface area contributed by atoms with Crippen LogP contribution in [0.4, 0.5) is 5.82 Å². The Morgan fingerprint density at radius 1 is 1.17 bits per heavy atom. The Hall–Kier alpha value is -3.00. The summed E-state index contributed by atoms with van der Waals surface area (Å²) in [5, 5.41) is 2.94. The predicted octanol–water partition coefficient (Wildman–Crippen LogP) is 0.978. The molecule has 2 aromatic rings. The second-order valence-electron chi connectivity index (χ2n) is 7.34. The first-order chi connectivity index (χ1) is 14.2. The van der Waals surface area contributed by atoms with Gasteiger partial charge in [0.25, 0.3) is 0 Å². The number of carbonyl (C=O) groups is 2. The van der Waals surface area contributed by atoms with E-state index in [1.165, 1.54) is 0 Å². The van der Waals surface area contributed by atoms with E-state index in [0.29, 0.717) is 19.6 Å². The summed E-state index contributed by atoms with van der Waals surface area (Å²) in [6.45, 7) is 4.39. The van der Waals surface area contributed by atoms with Gasteiger partial charge in [0.2, 0.25) is 11.8 Å². The van der Waals surface area contributed by atoms with Crippen LogP contribution in [-0.2, 0) is 27.4 Å². The second kappa shape index (κ2) is 9.00. The van der Waals surface area contributed by atoms with Crippen LogP contribution < -0.4 is 10.2 Å². The molecule has 29 heavy (non-hydrogen) atoms. The monoisotopic (exact) mass is 395 g/mol. The van der Waals surface area contributed by atoms with Gasteiger partial charge in [-0.15, -0.1) is 0 Å². The number of carbonyl (C=O) groups excluding carboxylic acids is 2. The summed E-state index contributed by atoms with van der Waals surface area (Å²) in [5.74, 6) is 0.494. The van der Waals surface area contributed by atoms with Crippen molar-refractivity contribution in [1.29, 1.82) is 0 Å². The minimum atomic E-state index is -0.327. The Balaban J connectivity index is 1.27. The number of pyridine rings is 2. The number of nitrogens with one attached hydrogen (secondary N) is 1. The van der Waals surface area contributed by atoms with E-state index >= 15 is 0 Å². The van der Waals surface area contributed by atoms with Crippen molar-refractivity contribution in [2.45, 2.75) is 19.5 Å². The maximum atomic E-state index is 12.5. The van der Waals surface area contributed by atoms with E-state index in [1.807, 2.05) is 30.3 Å². The van der Waals surface area contributed by atoms with Crippen molar-refractivity contribution in [1.82, 2.24) is 20.2 Å². The van der Waals surface area contributed by atoms with Gasteiger partial charge >= 0.3 is 0 Å². The number of rotatable bonds is 6. The van der Waals surface area contributed by atoms with Crippen molar-refractivity contribution in [2.24, 2.45) is 5.92 Å². The van der Waals surface area contributed by atoms with Crippen LogP contribution in [0.2, 0.25) is 0 Å². The summed E-state index contributed by atoms with van der Waals surface area (Å²) in [4.78, 5) is 37.4. The molecule has 2 amide bonds. The van der Waals surface area contributed by atoms with E-state index in [1.54, 1.807) is 17.3 Å². The third kappa shape index (κ3) is 4.89. The van der Waals surface area contributed by atoms with Crippen molar-refractivity contribution < 1.29 is 14.3 Å². The summed E-state index contributed by atoms with van der Waals surface area (Å²) < 4.78 is 5.36. The Morgan fingerprint density at radius 3 is 2.76 bits per heavy atom. The Morgan fingerprint density at radius 2 is 2.03 bits per heavy atom. The van der Waals surface area contributed by atoms with Gasteiger partial charge in [-0.25, -0.2) is 4.98 Å². The lowest BCUT2D eigenvalue weighted by Crippen LogP contribution is -2.36. The van der Waals surface area contributed by atoms with Gasteiger partial charge in [-0.3, -0.25) is 14.6 Å². The van der Waals surface area contributed by atoms with Crippen molar-refractivity contribution in [3.8, 4) is 0 Å². The highest BCUT2D eigenvalue weighted by molar-refractivity contribution is 5.89. The number of hydrogen-bond donors (Lipinski definition) is 1. The first-order valence-electron chi connectivity index (χ1n) is 9.92. The minimum Gasteiger partial charge on any atom is -0.378 e. The number of amides is 2. The Kier molecular flexibility index (Phi) is 6.00. The van der Waals surface area contributed by atoms with E-state index in [2.05, 4.69) is 20.2 Å². The topological polar surface area (TPSA) is 87.7 Å². The van der Waals surface area contributed by atoms with E-state index in [-0.39, 0.29) is 24.2 Å². The SMILES string of the molecule is O=C(NCc1ccc(N2CCOCC2)nc1)[C@H]1CC(=O)N(Cc2ccccn2)C1. The standard InChI is InChI=1S/C21H25N5O3/c27-20-11-17(14-26(20)15-18-3-1-2-6-22-18)21(28)24-13-16-4-5-19(23-12-16)25-7-9-29-10-8-25/h1-6,12,17H,7-11,13-15H2,(H,24,28)/t17-/m0/s1. The zero-order valence-electron chi connectivity index (χ0n) is 16.3. The summed E-state index contributed by atoms with van der Waals surface area (Å²) >= 11 is 0. The van der Waals surface area contributed by atoms with Crippen molar-refractivity contribution in [3.63, 3.8) is 0 Å². The average molecular weight is 395 g/mol. The van der Waals surface area contributed by atoms with Crippen molar-refractivity contribution in [3.05, 3.63) is 54.0 Å². The maximum absolute atomic E-state index is 12.5. The summed E-state index contributed by atoms with van der Waals surface area (Å²) in [6, 6.07) is 9.57. The molecule has 2 saturated heterocycles. The molecule has 0 radical (unpaired) electrons. The van der Waals surface area contributed by atoms with Gasteiger partial charge in [0, 0.05) is 45.0 Å². The first kappa shape index (κ1) is 19.3. The van der Waals surface area contributed by atoms with E-state index in [0.717, 1.165) is 43.4 Å². The fourth-order valence-corrected chi connectivity index (χ4v) is 3.62.